The molecule has 0 aliphatic carbocycles. The van der Waals surface area contributed by atoms with Crippen molar-refractivity contribution in [3.05, 3.63) is 47.8 Å². The monoisotopic (exact) mass is 446 g/mol. The number of carboxylic acid groups (broad SMARTS) is 1. The predicted molar refractivity (Wildman–Crippen MR) is 115 cm³/mol. The van der Waals surface area contributed by atoms with Gasteiger partial charge in [-0.1, -0.05) is 49.4 Å². The summed E-state index contributed by atoms with van der Waals surface area (Å²) in [6.45, 7) is 4.39. The molecule has 0 aliphatic heterocycles. The van der Waals surface area contributed by atoms with Crippen LogP contribution in [0.1, 0.15) is 56.5 Å². The number of ether oxygens (including phenoxy) is 1. The summed E-state index contributed by atoms with van der Waals surface area (Å²) in [4.78, 5) is 34.8. The highest BCUT2D eigenvalue weighted by Crippen LogP contribution is 2.22. The summed E-state index contributed by atoms with van der Waals surface area (Å²) in [6.07, 6.45) is 2.11. The van der Waals surface area contributed by atoms with E-state index in [1.54, 1.807) is 0 Å². The third-order valence-electron chi connectivity index (χ3n) is 4.65. The van der Waals surface area contributed by atoms with E-state index in [2.05, 4.69) is 20.9 Å². The first-order valence-electron chi connectivity index (χ1n) is 10.4. The highest BCUT2D eigenvalue weighted by molar-refractivity contribution is 5.72. The Balaban J connectivity index is 2.03. The van der Waals surface area contributed by atoms with E-state index < -0.39 is 30.2 Å². The van der Waals surface area contributed by atoms with Crippen LogP contribution in [0.2, 0.25) is 0 Å². The molecule has 11 heteroatoms. The van der Waals surface area contributed by atoms with Gasteiger partial charge < -0.3 is 26.2 Å². The number of benzene rings is 1. The van der Waals surface area contributed by atoms with E-state index in [0.717, 1.165) is 5.56 Å². The average Bonchev–Trinajstić information content (AvgIpc) is 3.21. The second-order valence-electron chi connectivity index (χ2n) is 7.80. The highest BCUT2D eigenvalue weighted by Gasteiger charge is 2.25. The molecule has 2 atom stereocenters. The highest BCUT2D eigenvalue weighted by atomic mass is 16.5. The first-order chi connectivity index (χ1) is 15.3. The standard InChI is InChI=1S/C21H30N6O5/c1-14(2)11-16(24-21(31)32-13-15-7-4-3-5-8-15)17-12-27(26-25-17)18(19(28)29)9-6-10-23-20(22)30/h3-5,7-8,12,14,16,18H,6,9-11,13H2,1-2H3,(H,24,31)(H,28,29)(H3,22,23,30)/t16-,18-/m0/s1. The summed E-state index contributed by atoms with van der Waals surface area (Å²) >= 11 is 0. The number of alkyl carbamates (subject to hydrolysis) is 1. The molecule has 2 rings (SSSR count). The summed E-state index contributed by atoms with van der Waals surface area (Å²) in [5.74, 6) is -0.842. The van der Waals surface area contributed by atoms with Crippen LogP contribution in [0, 0.1) is 5.92 Å². The number of carboxylic acids is 1. The van der Waals surface area contributed by atoms with E-state index >= 15 is 0 Å². The van der Waals surface area contributed by atoms with E-state index in [9.17, 15) is 19.5 Å². The molecule has 0 aliphatic rings. The van der Waals surface area contributed by atoms with Gasteiger partial charge in [0.15, 0.2) is 6.04 Å². The molecule has 11 nitrogen and oxygen atoms in total. The lowest BCUT2D eigenvalue weighted by Crippen LogP contribution is -2.31. The number of aliphatic carboxylic acids is 1. The van der Waals surface area contributed by atoms with Gasteiger partial charge in [0.05, 0.1) is 12.2 Å². The lowest BCUT2D eigenvalue weighted by atomic mass is 10.0. The van der Waals surface area contributed by atoms with Crippen LogP contribution in [0.4, 0.5) is 9.59 Å². The van der Waals surface area contributed by atoms with Gasteiger partial charge in [-0.3, -0.25) is 0 Å². The molecular formula is C21H30N6O5. The van der Waals surface area contributed by atoms with Crippen molar-refractivity contribution < 1.29 is 24.2 Å². The molecule has 0 spiro atoms. The van der Waals surface area contributed by atoms with E-state index in [-0.39, 0.29) is 25.5 Å². The van der Waals surface area contributed by atoms with Crippen molar-refractivity contribution in [2.45, 2.75) is 51.8 Å². The maximum atomic E-state index is 12.3. The third kappa shape index (κ3) is 8.25. The molecule has 0 unspecified atom stereocenters. The Kier molecular flexibility index (Phi) is 9.45. The fourth-order valence-electron chi connectivity index (χ4n) is 3.11. The van der Waals surface area contributed by atoms with Crippen molar-refractivity contribution in [3.8, 4) is 0 Å². The quantitative estimate of drug-likeness (QED) is 0.364. The average molecular weight is 447 g/mol. The van der Waals surface area contributed by atoms with Crippen molar-refractivity contribution in [2.75, 3.05) is 6.54 Å². The van der Waals surface area contributed by atoms with Crippen molar-refractivity contribution in [1.29, 1.82) is 0 Å². The molecule has 32 heavy (non-hydrogen) atoms. The molecule has 0 fully saturated rings. The number of urea groups is 1. The number of nitrogens with one attached hydrogen (secondary N) is 2. The largest absolute Gasteiger partial charge is 0.480 e. The van der Waals surface area contributed by atoms with E-state index in [1.165, 1.54) is 10.9 Å². The lowest BCUT2D eigenvalue weighted by Gasteiger charge is -2.18. The maximum Gasteiger partial charge on any atom is 0.408 e. The molecule has 5 N–H and O–H groups in total. The van der Waals surface area contributed by atoms with Crippen LogP contribution in [0.15, 0.2) is 36.5 Å². The first kappa shape index (κ1) is 24.6. The van der Waals surface area contributed by atoms with Crippen LogP contribution in [0.5, 0.6) is 0 Å². The zero-order valence-corrected chi connectivity index (χ0v) is 18.2. The lowest BCUT2D eigenvalue weighted by molar-refractivity contribution is -0.141. The van der Waals surface area contributed by atoms with Gasteiger partial charge in [-0.05, 0) is 30.7 Å². The Morgan fingerprint density at radius 1 is 1.22 bits per heavy atom. The fourth-order valence-corrected chi connectivity index (χ4v) is 3.11. The maximum absolute atomic E-state index is 12.3. The van der Waals surface area contributed by atoms with Gasteiger partial charge in [0, 0.05) is 6.54 Å². The molecule has 174 valence electrons. The summed E-state index contributed by atoms with van der Waals surface area (Å²) in [6, 6.07) is 7.20. The zero-order valence-electron chi connectivity index (χ0n) is 18.2. The minimum Gasteiger partial charge on any atom is -0.480 e. The van der Waals surface area contributed by atoms with Gasteiger partial charge in [0.25, 0.3) is 0 Å². The van der Waals surface area contributed by atoms with Gasteiger partial charge in [0.2, 0.25) is 0 Å². The minimum absolute atomic E-state index is 0.133. The second-order valence-corrected chi connectivity index (χ2v) is 7.80. The van der Waals surface area contributed by atoms with Gasteiger partial charge in [-0.15, -0.1) is 5.10 Å². The van der Waals surface area contributed by atoms with Crippen LogP contribution in [-0.4, -0.2) is 44.7 Å². The topological polar surface area (TPSA) is 161 Å². The molecule has 1 aromatic carbocycles. The van der Waals surface area contributed by atoms with Crippen LogP contribution < -0.4 is 16.4 Å². The zero-order chi connectivity index (χ0) is 23.5. The second kappa shape index (κ2) is 12.3. The summed E-state index contributed by atoms with van der Waals surface area (Å²) in [5, 5.41) is 22.8. The van der Waals surface area contributed by atoms with Gasteiger partial charge in [0.1, 0.15) is 12.3 Å². The molecule has 0 saturated heterocycles. The minimum atomic E-state index is -1.07. The molecule has 0 bridgehead atoms. The summed E-state index contributed by atoms with van der Waals surface area (Å²) in [7, 11) is 0. The number of aromatic nitrogens is 3. The first-order valence-corrected chi connectivity index (χ1v) is 10.4. The van der Waals surface area contributed by atoms with Crippen LogP contribution >= 0.6 is 0 Å². The number of amides is 3. The number of carbonyl (C=O) groups excluding carboxylic acids is 2. The molecule has 1 heterocycles. The normalized spacial score (nSPS) is 12.7. The van der Waals surface area contributed by atoms with E-state index in [1.807, 2.05) is 44.2 Å². The van der Waals surface area contributed by atoms with Gasteiger partial charge in [-0.2, -0.15) is 0 Å². The number of rotatable bonds is 12. The number of nitrogens with two attached hydrogens (primary N) is 1. The Bertz CT molecular complexity index is 886. The molecule has 3 amide bonds. The Morgan fingerprint density at radius 3 is 2.56 bits per heavy atom. The molecule has 1 aromatic heterocycles. The summed E-state index contributed by atoms with van der Waals surface area (Å²) < 4.78 is 6.55. The number of primary amides is 1. The van der Waals surface area contributed by atoms with Crippen LogP contribution in [0.3, 0.4) is 0 Å². The summed E-state index contributed by atoms with van der Waals surface area (Å²) in [5.41, 5.74) is 6.32. The fraction of sp³-hybridized carbons (Fsp3) is 0.476. The molecule has 0 saturated carbocycles. The Labute approximate surface area is 186 Å². The van der Waals surface area contributed by atoms with Crippen molar-refractivity contribution in [1.82, 2.24) is 25.6 Å². The van der Waals surface area contributed by atoms with Crippen molar-refractivity contribution in [2.24, 2.45) is 11.7 Å². The smallest absolute Gasteiger partial charge is 0.408 e. The predicted octanol–water partition coefficient (Wildman–Crippen LogP) is 2.37. The molecular weight excluding hydrogens is 416 g/mol. The van der Waals surface area contributed by atoms with Gasteiger partial charge >= 0.3 is 18.1 Å². The number of carbonyl (C=O) groups is 3. The molecule has 0 radical (unpaired) electrons. The van der Waals surface area contributed by atoms with E-state index in [4.69, 9.17) is 10.5 Å². The van der Waals surface area contributed by atoms with Crippen LogP contribution in [-0.2, 0) is 16.1 Å². The van der Waals surface area contributed by atoms with E-state index in [0.29, 0.717) is 18.5 Å². The van der Waals surface area contributed by atoms with Crippen molar-refractivity contribution in [3.63, 3.8) is 0 Å². The number of hydrogen-bond acceptors (Lipinski definition) is 6. The number of nitrogens with zero attached hydrogens (tertiary/aromatic N) is 3. The Morgan fingerprint density at radius 2 is 1.94 bits per heavy atom. The number of hydrogen-bond donors (Lipinski definition) is 4. The van der Waals surface area contributed by atoms with Gasteiger partial charge in [-0.25, -0.2) is 19.1 Å². The molecule has 2 aromatic rings. The third-order valence-corrected chi connectivity index (χ3v) is 4.65. The van der Waals surface area contributed by atoms with Crippen molar-refractivity contribution >= 4 is 18.1 Å². The Hall–Kier alpha value is -3.63. The van der Waals surface area contributed by atoms with Crippen LogP contribution in [0.25, 0.3) is 0 Å². The SMILES string of the molecule is CC(C)C[C@H](NC(=O)OCc1ccccc1)c1cn([C@@H](CCCNC(N)=O)C(=O)O)nn1.